The predicted molar refractivity (Wildman–Crippen MR) is 67.8 cm³/mol. The Morgan fingerprint density at radius 3 is 2.78 bits per heavy atom. The maximum atomic E-state index is 13.3. The smallest absolute Gasteiger partial charge is 0.120 e. The minimum absolute atomic E-state index is 0.122. The van der Waals surface area contributed by atoms with Crippen LogP contribution in [0.2, 0.25) is 0 Å². The molecular weight excluding hydrogens is 235 g/mol. The summed E-state index contributed by atoms with van der Waals surface area (Å²) in [6.45, 7) is 2.75. The Labute approximate surface area is 106 Å². The molecule has 0 aromatic heterocycles. The molecule has 0 amide bonds. The Kier molecular flexibility index (Phi) is 4.38. The van der Waals surface area contributed by atoms with Crippen LogP contribution in [0, 0.1) is 0 Å². The summed E-state index contributed by atoms with van der Waals surface area (Å²) in [5, 5.41) is 13.1. The van der Waals surface area contributed by atoms with Crippen LogP contribution in [-0.2, 0) is 0 Å². The first-order chi connectivity index (χ1) is 8.76. The van der Waals surface area contributed by atoms with Crippen molar-refractivity contribution < 1.29 is 14.2 Å². The summed E-state index contributed by atoms with van der Waals surface area (Å²) >= 11 is 0. The molecule has 1 heterocycles. The third-order valence-electron chi connectivity index (χ3n) is 3.33. The Balaban J connectivity index is 2.25. The van der Waals surface area contributed by atoms with Gasteiger partial charge in [-0.05, 0) is 18.2 Å². The second-order valence-corrected chi connectivity index (χ2v) is 4.38. The van der Waals surface area contributed by atoms with Gasteiger partial charge in [-0.3, -0.25) is 4.90 Å². The first-order valence-electron chi connectivity index (χ1n) is 6.14. The van der Waals surface area contributed by atoms with Crippen LogP contribution in [0.5, 0.6) is 11.5 Å². The number of aromatic hydroxyl groups is 1. The van der Waals surface area contributed by atoms with Gasteiger partial charge in [-0.15, -0.1) is 0 Å². The zero-order chi connectivity index (χ0) is 13.0. The van der Waals surface area contributed by atoms with E-state index < -0.39 is 12.7 Å². The molecule has 18 heavy (non-hydrogen) atoms. The SMILES string of the molecule is COc1ccc(O)c([C@H](CF)N2CCNCC2)c1. The molecule has 0 bridgehead atoms. The number of piperazine rings is 1. The van der Waals surface area contributed by atoms with Crippen molar-refractivity contribution in [1.82, 2.24) is 10.2 Å². The van der Waals surface area contributed by atoms with E-state index in [9.17, 15) is 9.50 Å². The maximum absolute atomic E-state index is 13.3. The van der Waals surface area contributed by atoms with Gasteiger partial charge >= 0.3 is 0 Å². The largest absolute Gasteiger partial charge is 0.508 e. The van der Waals surface area contributed by atoms with Crippen molar-refractivity contribution in [1.29, 1.82) is 0 Å². The molecule has 0 unspecified atom stereocenters. The molecule has 0 radical (unpaired) electrons. The van der Waals surface area contributed by atoms with Gasteiger partial charge in [0.1, 0.15) is 18.2 Å². The van der Waals surface area contributed by atoms with Gasteiger partial charge in [0.05, 0.1) is 13.2 Å². The number of hydrogen-bond donors (Lipinski definition) is 2. The highest BCUT2D eigenvalue weighted by molar-refractivity contribution is 5.41. The number of halogens is 1. The Hall–Kier alpha value is -1.33. The molecule has 0 aliphatic carbocycles. The fourth-order valence-electron chi connectivity index (χ4n) is 2.30. The molecule has 2 rings (SSSR count). The van der Waals surface area contributed by atoms with Crippen molar-refractivity contribution in [3.63, 3.8) is 0 Å². The van der Waals surface area contributed by atoms with E-state index in [0.29, 0.717) is 11.3 Å². The number of benzene rings is 1. The first-order valence-corrected chi connectivity index (χ1v) is 6.14. The monoisotopic (exact) mass is 254 g/mol. The molecule has 1 fully saturated rings. The van der Waals surface area contributed by atoms with Crippen LogP contribution in [0.4, 0.5) is 4.39 Å². The summed E-state index contributed by atoms with van der Waals surface area (Å²) in [6.07, 6.45) is 0. The lowest BCUT2D eigenvalue weighted by atomic mass is 10.0. The van der Waals surface area contributed by atoms with Gasteiger partial charge in [-0.2, -0.15) is 0 Å². The van der Waals surface area contributed by atoms with E-state index >= 15 is 0 Å². The summed E-state index contributed by atoms with van der Waals surface area (Å²) in [5.74, 6) is 0.758. The molecule has 0 spiro atoms. The van der Waals surface area contributed by atoms with Crippen molar-refractivity contribution in [3.05, 3.63) is 23.8 Å². The van der Waals surface area contributed by atoms with Crippen molar-refractivity contribution in [2.45, 2.75) is 6.04 Å². The second kappa shape index (κ2) is 6.02. The molecule has 1 saturated heterocycles. The van der Waals surface area contributed by atoms with E-state index in [1.54, 1.807) is 25.3 Å². The first kappa shape index (κ1) is 13.1. The molecule has 1 aliphatic rings. The topological polar surface area (TPSA) is 44.7 Å². The summed E-state index contributed by atoms with van der Waals surface area (Å²) in [4.78, 5) is 2.05. The average Bonchev–Trinajstić information content (AvgIpc) is 2.43. The average molecular weight is 254 g/mol. The van der Waals surface area contributed by atoms with E-state index in [0.717, 1.165) is 26.2 Å². The van der Waals surface area contributed by atoms with Gasteiger partial charge in [0.25, 0.3) is 0 Å². The highest BCUT2D eigenvalue weighted by atomic mass is 19.1. The minimum Gasteiger partial charge on any atom is -0.508 e. The van der Waals surface area contributed by atoms with Crippen molar-refractivity contribution in [2.75, 3.05) is 40.0 Å². The molecule has 2 N–H and O–H groups in total. The van der Waals surface area contributed by atoms with Crippen LogP contribution >= 0.6 is 0 Å². The molecule has 100 valence electrons. The lowest BCUT2D eigenvalue weighted by Crippen LogP contribution is -2.45. The van der Waals surface area contributed by atoms with Crippen LogP contribution in [0.25, 0.3) is 0 Å². The quantitative estimate of drug-likeness (QED) is 0.850. The van der Waals surface area contributed by atoms with Crippen molar-refractivity contribution >= 4 is 0 Å². The van der Waals surface area contributed by atoms with E-state index in [-0.39, 0.29) is 5.75 Å². The maximum Gasteiger partial charge on any atom is 0.120 e. The summed E-state index contributed by atoms with van der Waals surface area (Å²) in [5.41, 5.74) is 0.596. The fraction of sp³-hybridized carbons (Fsp3) is 0.538. The number of hydrogen-bond acceptors (Lipinski definition) is 4. The lowest BCUT2D eigenvalue weighted by molar-refractivity contribution is 0.145. The summed E-state index contributed by atoms with van der Waals surface area (Å²) < 4.78 is 18.5. The standard InChI is InChI=1S/C13H19FN2O2/c1-18-10-2-3-13(17)11(8-10)12(9-14)16-6-4-15-5-7-16/h2-3,8,12,15,17H,4-7,9H2,1H3/t12-/m0/s1. The van der Waals surface area contributed by atoms with Crippen LogP contribution in [0.3, 0.4) is 0 Å². The molecule has 1 aromatic rings. The lowest BCUT2D eigenvalue weighted by Gasteiger charge is -2.34. The zero-order valence-corrected chi connectivity index (χ0v) is 10.5. The second-order valence-electron chi connectivity index (χ2n) is 4.38. The third-order valence-corrected chi connectivity index (χ3v) is 3.33. The van der Waals surface area contributed by atoms with Crippen LogP contribution in [0.1, 0.15) is 11.6 Å². The number of rotatable bonds is 4. The van der Waals surface area contributed by atoms with E-state index in [1.807, 2.05) is 4.90 Å². The van der Waals surface area contributed by atoms with Gasteiger partial charge in [0.2, 0.25) is 0 Å². The molecule has 1 aromatic carbocycles. The number of nitrogens with zero attached hydrogens (tertiary/aromatic N) is 1. The Morgan fingerprint density at radius 2 is 2.17 bits per heavy atom. The van der Waals surface area contributed by atoms with E-state index in [1.165, 1.54) is 0 Å². The molecule has 0 saturated carbocycles. The normalized spacial score (nSPS) is 18.6. The molecule has 4 nitrogen and oxygen atoms in total. The van der Waals surface area contributed by atoms with Crippen molar-refractivity contribution in [3.8, 4) is 11.5 Å². The van der Waals surface area contributed by atoms with Crippen LogP contribution in [0.15, 0.2) is 18.2 Å². The molecule has 1 atom stereocenters. The van der Waals surface area contributed by atoms with Gasteiger partial charge in [-0.1, -0.05) is 0 Å². The highest BCUT2D eigenvalue weighted by Crippen LogP contribution is 2.32. The zero-order valence-electron chi connectivity index (χ0n) is 10.5. The van der Waals surface area contributed by atoms with E-state index in [4.69, 9.17) is 4.74 Å². The number of methoxy groups -OCH3 is 1. The van der Waals surface area contributed by atoms with Gasteiger partial charge < -0.3 is 15.2 Å². The highest BCUT2D eigenvalue weighted by Gasteiger charge is 2.24. The molecule has 1 aliphatic heterocycles. The number of nitrogens with one attached hydrogen (secondary N) is 1. The van der Waals surface area contributed by atoms with Gasteiger partial charge in [0.15, 0.2) is 0 Å². The molecular formula is C13H19FN2O2. The van der Waals surface area contributed by atoms with Gasteiger partial charge in [0, 0.05) is 31.7 Å². The van der Waals surface area contributed by atoms with Crippen LogP contribution < -0.4 is 10.1 Å². The number of phenols is 1. The summed E-state index contributed by atoms with van der Waals surface area (Å²) in [6, 6.07) is 4.54. The third kappa shape index (κ3) is 2.73. The van der Waals surface area contributed by atoms with Gasteiger partial charge in [-0.25, -0.2) is 4.39 Å². The Morgan fingerprint density at radius 1 is 1.44 bits per heavy atom. The number of phenolic OH excluding ortho intramolecular Hbond substituents is 1. The number of alkyl halides is 1. The minimum atomic E-state index is -0.513. The van der Waals surface area contributed by atoms with Crippen molar-refractivity contribution in [2.24, 2.45) is 0 Å². The predicted octanol–water partition coefficient (Wildman–Crippen LogP) is 1.32. The Bertz CT molecular complexity index is 395. The number of ether oxygens (including phenoxy) is 1. The van der Waals surface area contributed by atoms with Crippen LogP contribution in [-0.4, -0.2) is 50.0 Å². The molecule has 5 heteroatoms. The summed E-state index contributed by atoms with van der Waals surface area (Å²) in [7, 11) is 1.56. The van der Waals surface area contributed by atoms with E-state index in [2.05, 4.69) is 5.32 Å². The fourth-order valence-corrected chi connectivity index (χ4v) is 2.30.